The Morgan fingerprint density at radius 3 is 2.72 bits per heavy atom. The highest BCUT2D eigenvalue weighted by Crippen LogP contribution is 2.27. The highest BCUT2D eigenvalue weighted by molar-refractivity contribution is 5.81. The van der Waals surface area contributed by atoms with Gasteiger partial charge in [0.25, 0.3) is 5.69 Å². The summed E-state index contributed by atoms with van der Waals surface area (Å²) < 4.78 is 5.77. The summed E-state index contributed by atoms with van der Waals surface area (Å²) in [7, 11) is 0. The van der Waals surface area contributed by atoms with E-state index in [4.69, 9.17) is 4.74 Å². The normalized spacial score (nSPS) is 10.7. The van der Waals surface area contributed by atoms with E-state index >= 15 is 0 Å². The van der Waals surface area contributed by atoms with Crippen molar-refractivity contribution in [1.29, 1.82) is 0 Å². The number of benzene rings is 2. The fourth-order valence-corrected chi connectivity index (χ4v) is 2.43. The molecule has 1 radical (unpaired) electrons. The van der Waals surface area contributed by atoms with Crippen LogP contribution in [-0.4, -0.2) is 19.9 Å². The van der Waals surface area contributed by atoms with Crippen molar-refractivity contribution in [3.05, 3.63) is 77.1 Å². The van der Waals surface area contributed by atoms with Gasteiger partial charge in [-0.15, -0.1) is 0 Å². The Balaban J connectivity index is 1.68. The zero-order chi connectivity index (χ0) is 17.2. The number of rotatable bonds is 4. The number of nitrogens with one attached hydrogen (secondary N) is 1. The number of pyridine rings is 1. The molecule has 4 aromatic rings. The molecular formula is C18H11N4O3. The molecule has 0 saturated heterocycles. The van der Waals surface area contributed by atoms with Crippen molar-refractivity contribution in [3.63, 3.8) is 0 Å². The van der Waals surface area contributed by atoms with Gasteiger partial charge in [-0.05, 0) is 42.5 Å². The minimum Gasteiger partial charge on any atom is -0.457 e. The lowest BCUT2D eigenvalue weighted by Gasteiger charge is -2.06. The van der Waals surface area contributed by atoms with E-state index in [1.165, 1.54) is 12.1 Å². The number of hydrogen-bond donors (Lipinski definition) is 1. The number of ether oxygens (including phenoxy) is 1. The van der Waals surface area contributed by atoms with Crippen LogP contribution in [0, 0.1) is 16.2 Å². The number of imidazole rings is 1. The minimum atomic E-state index is -0.435. The monoisotopic (exact) mass is 331 g/mol. The topological polar surface area (TPSA) is 93.9 Å². The molecule has 2 aromatic heterocycles. The zero-order valence-electron chi connectivity index (χ0n) is 12.8. The average Bonchev–Trinajstić information content (AvgIpc) is 3.06. The second-order valence-electron chi connectivity index (χ2n) is 5.27. The molecule has 0 amide bonds. The standard InChI is InChI=1S/C18H11N4O3/c23-22(24)13-4-5-16-17(11-13)21-18(20-16)12-2-1-3-15(10-12)25-14-6-8-19-9-7-14/h1,3-11H,(H,20,21). The zero-order valence-corrected chi connectivity index (χ0v) is 12.8. The maximum absolute atomic E-state index is 10.9. The van der Waals surface area contributed by atoms with E-state index in [1.54, 1.807) is 48.8 Å². The summed E-state index contributed by atoms with van der Waals surface area (Å²) >= 11 is 0. The lowest BCUT2D eigenvalue weighted by Crippen LogP contribution is -1.86. The Kier molecular flexibility index (Phi) is 3.59. The van der Waals surface area contributed by atoms with Crippen LogP contribution in [0.4, 0.5) is 5.69 Å². The van der Waals surface area contributed by atoms with Gasteiger partial charge in [0.2, 0.25) is 0 Å². The van der Waals surface area contributed by atoms with Crippen molar-refractivity contribution in [3.8, 4) is 22.9 Å². The Bertz CT molecular complexity index is 1060. The number of nitrogens with zero attached hydrogens (tertiary/aromatic N) is 3. The third-order valence-electron chi connectivity index (χ3n) is 3.59. The highest BCUT2D eigenvalue weighted by Gasteiger charge is 2.11. The van der Waals surface area contributed by atoms with E-state index in [0.29, 0.717) is 33.9 Å². The molecule has 25 heavy (non-hydrogen) atoms. The molecule has 0 bridgehead atoms. The summed E-state index contributed by atoms with van der Waals surface area (Å²) in [5.74, 6) is 1.87. The van der Waals surface area contributed by atoms with Crippen LogP contribution in [0.1, 0.15) is 0 Å². The SMILES string of the molecule is O=[N+]([O-])c1ccc2nc(-c3[c]ccc(Oc4ccncc4)c3)[nH]c2c1. The first kappa shape index (κ1) is 14.8. The van der Waals surface area contributed by atoms with Gasteiger partial charge in [-0.2, -0.15) is 0 Å². The van der Waals surface area contributed by atoms with Crippen molar-refractivity contribution in [2.75, 3.05) is 0 Å². The predicted octanol–water partition coefficient (Wildman–Crippen LogP) is 4.13. The van der Waals surface area contributed by atoms with Crippen LogP contribution in [0.3, 0.4) is 0 Å². The van der Waals surface area contributed by atoms with E-state index in [2.05, 4.69) is 21.0 Å². The van der Waals surface area contributed by atoms with Gasteiger partial charge < -0.3 is 9.72 Å². The number of H-pyrrole nitrogens is 1. The van der Waals surface area contributed by atoms with Crippen LogP contribution in [0.25, 0.3) is 22.4 Å². The molecule has 1 N–H and O–H groups in total. The summed E-state index contributed by atoms with van der Waals surface area (Å²) in [6.45, 7) is 0. The first-order chi connectivity index (χ1) is 12.2. The van der Waals surface area contributed by atoms with Crippen molar-refractivity contribution in [2.45, 2.75) is 0 Å². The molecule has 0 atom stereocenters. The summed E-state index contributed by atoms with van der Waals surface area (Å²) in [6.07, 6.45) is 3.30. The molecule has 0 saturated carbocycles. The first-order valence-electron chi connectivity index (χ1n) is 7.43. The van der Waals surface area contributed by atoms with E-state index < -0.39 is 4.92 Å². The Morgan fingerprint density at radius 1 is 1.08 bits per heavy atom. The fraction of sp³-hybridized carbons (Fsp3) is 0. The molecule has 7 heteroatoms. The molecular weight excluding hydrogens is 320 g/mol. The Morgan fingerprint density at radius 2 is 1.92 bits per heavy atom. The molecule has 121 valence electrons. The summed E-state index contributed by atoms with van der Waals surface area (Å²) in [4.78, 5) is 21.9. The molecule has 0 aliphatic heterocycles. The Hall–Kier alpha value is -3.74. The van der Waals surface area contributed by atoms with Crippen LogP contribution in [-0.2, 0) is 0 Å². The second kappa shape index (κ2) is 6.04. The lowest BCUT2D eigenvalue weighted by molar-refractivity contribution is -0.384. The molecule has 2 aromatic carbocycles. The van der Waals surface area contributed by atoms with Gasteiger partial charge in [-0.1, -0.05) is 0 Å². The van der Waals surface area contributed by atoms with Gasteiger partial charge in [0.1, 0.15) is 17.3 Å². The average molecular weight is 331 g/mol. The third kappa shape index (κ3) is 3.02. The summed E-state index contributed by atoms with van der Waals surface area (Å²) in [5.41, 5.74) is 1.96. The van der Waals surface area contributed by atoms with E-state index in [9.17, 15) is 10.1 Å². The lowest BCUT2D eigenvalue weighted by atomic mass is 10.2. The van der Waals surface area contributed by atoms with Crippen LogP contribution in [0.15, 0.2) is 60.9 Å². The van der Waals surface area contributed by atoms with E-state index in [0.717, 1.165) is 0 Å². The van der Waals surface area contributed by atoms with Gasteiger partial charge in [-0.3, -0.25) is 15.1 Å². The number of nitro benzene ring substituents is 1. The van der Waals surface area contributed by atoms with Gasteiger partial charge in [0, 0.05) is 30.1 Å². The highest BCUT2D eigenvalue weighted by atomic mass is 16.6. The quantitative estimate of drug-likeness (QED) is 0.448. The molecule has 0 aliphatic rings. The van der Waals surface area contributed by atoms with Crippen molar-refractivity contribution in [2.24, 2.45) is 0 Å². The van der Waals surface area contributed by atoms with Crippen LogP contribution in [0.5, 0.6) is 11.5 Å². The van der Waals surface area contributed by atoms with Crippen molar-refractivity contribution >= 4 is 16.7 Å². The molecule has 0 unspecified atom stereocenters. The smallest absolute Gasteiger partial charge is 0.271 e. The fourth-order valence-electron chi connectivity index (χ4n) is 2.43. The number of aromatic amines is 1. The minimum absolute atomic E-state index is 0.0152. The molecule has 2 heterocycles. The molecule has 0 aliphatic carbocycles. The third-order valence-corrected chi connectivity index (χ3v) is 3.59. The maximum atomic E-state index is 10.9. The second-order valence-corrected chi connectivity index (χ2v) is 5.27. The summed E-state index contributed by atoms with van der Waals surface area (Å²) in [5, 5.41) is 10.9. The largest absolute Gasteiger partial charge is 0.457 e. The van der Waals surface area contributed by atoms with Crippen molar-refractivity contribution in [1.82, 2.24) is 15.0 Å². The summed E-state index contributed by atoms with van der Waals surface area (Å²) in [6, 6.07) is 16.4. The van der Waals surface area contributed by atoms with Gasteiger partial charge >= 0.3 is 0 Å². The van der Waals surface area contributed by atoms with Gasteiger partial charge in [0.15, 0.2) is 0 Å². The van der Waals surface area contributed by atoms with Gasteiger partial charge in [0.05, 0.1) is 16.0 Å². The number of fused-ring (bicyclic) bond motifs is 1. The van der Waals surface area contributed by atoms with E-state index in [1.807, 2.05) is 0 Å². The number of nitro groups is 1. The molecule has 4 rings (SSSR count). The Labute approximate surface area is 142 Å². The molecule has 0 fully saturated rings. The van der Waals surface area contributed by atoms with Crippen LogP contribution in [0.2, 0.25) is 0 Å². The van der Waals surface area contributed by atoms with Gasteiger partial charge in [-0.25, -0.2) is 4.98 Å². The first-order valence-corrected chi connectivity index (χ1v) is 7.43. The number of hydrogen-bond acceptors (Lipinski definition) is 5. The molecule has 7 nitrogen and oxygen atoms in total. The number of aromatic nitrogens is 3. The van der Waals surface area contributed by atoms with Crippen molar-refractivity contribution < 1.29 is 9.66 Å². The van der Waals surface area contributed by atoms with Crippen LogP contribution >= 0.6 is 0 Å². The molecule has 0 spiro atoms. The number of non-ortho nitro benzene ring substituents is 1. The predicted molar refractivity (Wildman–Crippen MR) is 91.3 cm³/mol. The van der Waals surface area contributed by atoms with Crippen LogP contribution < -0.4 is 4.74 Å². The maximum Gasteiger partial charge on any atom is 0.271 e. The van der Waals surface area contributed by atoms with E-state index in [-0.39, 0.29) is 5.69 Å².